The summed E-state index contributed by atoms with van der Waals surface area (Å²) in [6.07, 6.45) is 0. The van der Waals surface area contributed by atoms with E-state index < -0.39 is 132 Å². The standard InChI is InChI=1S/C64H42N8O24S8/c73-97(74,75)41-17-1-33(2-18-41)49-50(34-3-19-42(20-4-34)98(76,77)78)59-54(38-11-27-46(28-12-38)102(88,89)90)61-56(40-15-31-48(32-16-40)104(94,95)96)67-63(68-61)70-64-69-62(71-72-64)55(39-13-29-47(30-14-39)103(91,92)93)60-52(36-7-23-44(24-8-36)100(82,83)84)51(35-5-21-43(22-6-35)99(79,80)81)58(66-60)53(57(49)65-59)37-9-25-45(26-10-37)101(85,86)87/h1-32,65H,(H,73,74,75)(H,76,77,78)(H,79,80,81)(H,82,83,84)(H,85,86,87)(H,88,89,90)(H,91,92,93)(H,94,95,96)(H,67,68,69,70,71,72). The van der Waals surface area contributed by atoms with Gasteiger partial charge in [-0.1, -0.05) is 97.1 Å². The largest absolute Gasteiger partial charge is 0.353 e. The smallest absolute Gasteiger partial charge is 0.294 e. The molecule has 5 heterocycles. The molecule has 0 fully saturated rings. The van der Waals surface area contributed by atoms with E-state index >= 15 is 0 Å². The molecule has 0 aliphatic carbocycles. The monoisotopic (exact) mass is 1560 g/mol. The maximum atomic E-state index is 13.1. The summed E-state index contributed by atoms with van der Waals surface area (Å²) in [6, 6.07) is 34.4. The maximum Gasteiger partial charge on any atom is 0.294 e. The third kappa shape index (κ3) is 14.1. The van der Waals surface area contributed by atoms with Crippen molar-refractivity contribution in [3.05, 3.63) is 228 Å². The number of H-pyrrole nitrogens is 2. The molecule has 2 aliphatic heterocycles. The van der Waals surface area contributed by atoms with Crippen molar-refractivity contribution in [1.29, 1.82) is 0 Å². The van der Waals surface area contributed by atoms with Crippen LogP contribution in [0.5, 0.6) is 0 Å². The van der Waals surface area contributed by atoms with E-state index in [2.05, 4.69) is 25.1 Å². The Morgan fingerprint density at radius 2 is 0.490 bits per heavy atom. The molecular weight excluding hydrogens is 1520 g/mol. The second-order valence-corrected chi connectivity index (χ2v) is 34.0. The molecule has 40 heteroatoms. The van der Waals surface area contributed by atoms with Crippen LogP contribution < -0.4 is 0 Å². The minimum atomic E-state index is -5.09. The van der Waals surface area contributed by atoms with Crippen LogP contribution >= 0.6 is 0 Å². The summed E-state index contributed by atoms with van der Waals surface area (Å²) < 4.78 is 289. The molecule has 0 radical (unpaired) electrons. The van der Waals surface area contributed by atoms with E-state index in [1.54, 1.807) is 0 Å². The first-order valence-corrected chi connectivity index (χ1v) is 40.5. The van der Waals surface area contributed by atoms with Crippen LogP contribution in [0.4, 0.5) is 5.95 Å². The summed E-state index contributed by atoms with van der Waals surface area (Å²) in [6.45, 7) is 0. The van der Waals surface area contributed by atoms with Gasteiger partial charge in [-0.3, -0.25) is 36.4 Å². The summed E-state index contributed by atoms with van der Waals surface area (Å²) in [7, 11) is -40.1. The van der Waals surface area contributed by atoms with Crippen molar-refractivity contribution in [3.63, 3.8) is 0 Å². The molecule has 2 aliphatic rings. The van der Waals surface area contributed by atoms with Crippen molar-refractivity contribution in [2.45, 2.75) is 39.2 Å². The average Bonchev–Trinajstić information content (AvgIpc) is 1.56. The normalized spacial score (nSPS) is 13.4. The Balaban J connectivity index is 1.40. The fraction of sp³-hybridized carbons (Fsp3) is 0. The average molecular weight is 1560 g/mol. The molecule has 11 aromatic rings. The number of hydrogen-bond acceptors (Lipinski definition) is 22. The lowest BCUT2D eigenvalue weighted by Gasteiger charge is -2.15. The van der Waals surface area contributed by atoms with Crippen molar-refractivity contribution in [3.8, 4) is 55.6 Å². The Morgan fingerprint density at radius 1 is 0.240 bits per heavy atom. The zero-order chi connectivity index (χ0) is 74.8. The Bertz CT molecular complexity index is 6730. The van der Waals surface area contributed by atoms with Crippen molar-refractivity contribution in [1.82, 2.24) is 35.1 Å². The molecule has 0 saturated heterocycles. The minimum absolute atomic E-state index is 0.0124. The topological polar surface area (TPSA) is 543 Å². The zero-order valence-electron chi connectivity index (χ0n) is 51.5. The van der Waals surface area contributed by atoms with E-state index in [1.165, 1.54) is 84.9 Å². The second kappa shape index (κ2) is 25.7. The Hall–Kier alpha value is -10.6. The van der Waals surface area contributed by atoms with Crippen molar-refractivity contribution < 1.29 is 104 Å². The lowest BCUT2D eigenvalue weighted by Crippen LogP contribution is -2.05. The van der Waals surface area contributed by atoms with E-state index in [9.17, 15) is 104 Å². The van der Waals surface area contributed by atoms with Crippen LogP contribution in [0, 0.1) is 0 Å². The Labute approximate surface area is 588 Å². The number of aromatic amines is 2. The van der Waals surface area contributed by atoms with E-state index in [-0.39, 0.29) is 123 Å². The lowest BCUT2D eigenvalue weighted by atomic mass is 9.87. The van der Waals surface area contributed by atoms with Crippen molar-refractivity contribution >= 4 is 126 Å². The van der Waals surface area contributed by atoms with Gasteiger partial charge in [0.15, 0.2) is 5.65 Å². The highest BCUT2D eigenvalue weighted by molar-refractivity contribution is 7.87. The van der Waals surface area contributed by atoms with Gasteiger partial charge in [-0.15, -0.1) is 10.2 Å². The van der Waals surface area contributed by atoms with Gasteiger partial charge in [-0.05, 0) is 136 Å². The van der Waals surface area contributed by atoms with Crippen LogP contribution in [0.25, 0.3) is 89.2 Å². The third-order valence-electron chi connectivity index (χ3n) is 16.2. The molecule has 0 amide bonds. The number of nitrogens with one attached hydrogen (secondary N) is 2. The number of nitrogens with zero attached hydrogens (tertiary/aromatic N) is 6. The van der Waals surface area contributed by atoms with Gasteiger partial charge in [0.25, 0.3) is 92.7 Å². The van der Waals surface area contributed by atoms with Gasteiger partial charge in [0.1, 0.15) is 11.4 Å². The second-order valence-electron chi connectivity index (χ2n) is 22.6. The van der Waals surface area contributed by atoms with Crippen LogP contribution in [0.1, 0.15) is 33.8 Å². The molecule has 8 aromatic carbocycles. The molecule has 0 unspecified atom stereocenters. The highest BCUT2D eigenvalue weighted by Gasteiger charge is 2.35. The summed E-state index contributed by atoms with van der Waals surface area (Å²) in [5, 5.41) is 8.75. The van der Waals surface area contributed by atoms with Crippen LogP contribution in [0.3, 0.4) is 0 Å². The van der Waals surface area contributed by atoms with E-state index in [1.807, 2.05) is 0 Å². The molecule has 530 valence electrons. The predicted octanol–water partition coefficient (Wildman–Crippen LogP) is 8.98. The summed E-state index contributed by atoms with van der Waals surface area (Å²) in [4.78, 5) is 20.8. The first kappa shape index (κ1) is 71.7. The number of aromatic nitrogens is 7. The molecule has 13 rings (SSSR count). The lowest BCUT2D eigenvalue weighted by molar-refractivity contribution is 0.481. The highest BCUT2D eigenvalue weighted by atomic mass is 32.2. The van der Waals surface area contributed by atoms with Crippen molar-refractivity contribution in [2.75, 3.05) is 0 Å². The Morgan fingerprint density at radius 3 is 0.788 bits per heavy atom. The van der Waals surface area contributed by atoms with Gasteiger partial charge in [0.2, 0.25) is 0 Å². The van der Waals surface area contributed by atoms with Gasteiger partial charge in [0.05, 0.1) is 67.1 Å². The zero-order valence-corrected chi connectivity index (χ0v) is 58.1. The van der Waals surface area contributed by atoms with Gasteiger partial charge in [-0.2, -0.15) is 72.3 Å². The SMILES string of the molecule is O=S(=O)(O)c1ccc(C2=Nc3nc2c(-c2ccc(S(=O)(=O)O)cc2)c2[nH]c(c(-c4ccc(S(=O)(=O)O)cc4)c4nc(c(-c5ccc(S(=O)(=O)O)cc5)c5nnc(n3)[nH]5)C(c3ccc(S(=O)(=O)O)cc3)=C4c3ccc(S(=O)(=O)O)cc3)c(-c3ccc(S(=O)(=O)O)cc3)c2-c2ccc(S(=O)(=O)O)cc2)cc1. The number of hydrogen-bond donors (Lipinski definition) is 10. The number of rotatable bonds is 16. The molecule has 0 atom stereocenters. The van der Waals surface area contributed by atoms with E-state index in [0.717, 1.165) is 109 Å². The summed E-state index contributed by atoms with van der Waals surface area (Å²) >= 11 is 0. The van der Waals surface area contributed by atoms with Gasteiger partial charge < -0.3 is 9.97 Å². The highest BCUT2D eigenvalue weighted by Crippen LogP contribution is 2.52. The Kier molecular flexibility index (Phi) is 17.7. The number of aliphatic imine (C=N–C) groups is 1. The molecule has 3 aromatic heterocycles. The third-order valence-corrected chi connectivity index (χ3v) is 23.2. The molecular formula is C64H42N8O24S8. The quantitative estimate of drug-likeness (QED) is 0.0403. The van der Waals surface area contributed by atoms with E-state index in [4.69, 9.17) is 15.0 Å². The maximum absolute atomic E-state index is 13.1. The van der Waals surface area contributed by atoms with Crippen LogP contribution in [0.2, 0.25) is 0 Å². The molecule has 32 nitrogen and oxygen atoms in total. The summed E-state index contributed by atoms with van der Waals surface area (Å²) in [5.41, 5.74) is -3.83. The molecule has 8 bridgehead atoms. The number of benzene rings is 8. The predicted molar refractivity (Wildman–Crippen MR) is 370 cm³/mol. The fourth-order valence-electron chi connectivity index (χ4n) is 11.6. The molecule has 0 saturated carbocycles. The number of fused-ring (bicyclic) bond motifs is 8. The fourth-order valence-corrected chi connectivity index (χ4v) is 15.5. The molecule has 104 heavy (non-hydrogen) atoms. The van der Waals surface area contributed by atoms with Crippen molar-refractivity contribution in [2.24, 2.45) is 4.99 Å². The van der Waals surface area contributed by atoms with Gasteiger partial charge in [-0.25, -0.2) is 15.0 Å². The van der Waals surface area contributed by atoms with E-state index in [0.29, 0.717) is 0 Å². The van der Waals surface area contributed by atoms with Crippen LogP contribution in [-0.4, -0.2) is 145 Å². The van der Waals surface area contributed by atoms with Crippen LogP contribution in [-0.2, 0) is 80.9 Å². The first-order chi connectivity index (χ1) is 48.6. The van der Waals surface area contributed by atoms with Crippen LogP contribution in [0.15, 0.2) is 238 Å². The summed E-state index contributed by atoms with van der Waals surface area (Å²) in [5.74, 6) is -0.991. The van der Waals surface area contributed by atoms with Gasteiger partial charge >= 0.3 is 0 Å². The molecule has 0 spiro atoms. The molecule has 10 N–H and O–H groups in total. The minimum Gasteiger partial charge on any atom is -0.353 e. The first-order valence-electron chi connectivity index (χ1n) is 29.0. The van der Waals surface area contributed by atoms with Gasteiger partial charge in [0, 0.05) is 39.0 Å².